The Hall–Kier alpha value is -1.73. The van der Waals surface area contributed by atoms with Gasteiger partial charge >= 0.3 is 0 Å². The molecule has 1 rings (SSSR count). The molecule has 4 heteroatoms. The van der Waals surface area contributed by atoms with E-state index in [0.717, 1.165) is 0 Å². The number of hydrogen-bond acceptors (Lipinski definition) is 4. The number of phenols is 1. The molecule has 0 aliphatic carbocycles. The van der Waals surface area contributed by atoms with Gasteiger partial charge in [-0.3, -0.25) is 0 Å². The maximum Gasteiger partial charge on any atom is 0.162 e. The second-order valence-electron chi connectivity index (χ2n) is 3.10. The van der Waals surface area contributed by atoms with Gasteiger partial charge in [-0.15, -0.1) is 0 Å². The highest BCUT2D eigenvalue weighted by Gasteiger charge is 2.13. The van der Waals surface area contributed by atoms with E-state index in [0.29, 0.717) is 17.9 Å². The van der Waals surface area contributed by atoms with Crippen molar-refractivity contribution in [1.29, 1.82) is 5.26 Å². The van der Waals surface area contributed by atoms with Crippen LogP contribution in [0, 0.1) is 11.3 Å². The maximum atomic E-state index is 9.80. The van der Waals surface area contributed by atoms with Gasteiger partial charge in [0.2, 0.25) is 0 Å². The predicted octanol–water partition coefficient (Wildman–Crippen LogP) is 1.70. The van der Waals surface area contributed by atoms with Crippen LogP contribution in [0.3, 0.4) is 0 Å². The van der Waals surface area contributed by atoms with Gasteiger partial charge in [0, 0.05) is 11.6 Å². The van der Waals surface area contributed by atoms with E-state index in [1.807, 2.05) is 13.0 Å². The Morgan fingerprint density at radius 1 is 1.60 bits per heavy atom. The van der Waals surface area contributed by atoms with E-state index in [1.165, 1.54) is 0 Å². The van der Waals surface area contributed by atoms with E-state index in [-0.39, 0.29) is 12.2 Å². The van der Waals surface area contributed by atoms with Crippen molar-refractivity contribution >= 4 is 0 Å². The third-order valence-corrected chi connectivity index (χ3v) is 2.04. The highest BCUT2D eigenvalue weighted by Crippen LogP contribution is 2.33. The number of benzene rings is 1. The van der Waals surface area contributed by atoms with Crippen molar-refractivity contribution in [1.82, 2.24) is 0 Å². The largest absolute Gasteiger partial charge is 0.504 e. The Balaban J connectivity index is 2.99. The molecule has 0 aliphatic rings. The number of para-hydroxylation sites is 1. The summed E-state index contributed by atoms with van der Waals surface area (Å²) < 4.78 is 5.22. The molecule has 4 nitrogen and oxygen atoms in total. The van der Waals surface area contributed by atoms with Crippen LogP contribution < -0.4 is 10.5 Å². The van der Waals surface area contributed by atoms with E-state index < -0.39 is 6.04 Å². The summed E-state index contributed by atoms with van der Waals surface area (Å²) in [7, 11) is 0. The fourth-order valence-corrected chi connectivity index (χ4v) is 1.32. The van der Waals surface area contributed by atoms with Crippen LogP contribution >= 0.6 is 0 Å². The number of nitrogens with zero attached hydrogens (tertiary/aromatic N) is 1. The Labute approximate surface area is 88.9 Å². The van der Waals surface area contributed by atoms with Gasteiger partial charge in [0.25, 0.3) is 0 Å². The molecule has 1 atom stereocenters. The fraction of sp³-hybridized carbons (Fsp3) is 0.364. The third-order valence-electron chi connectivity index (χ3n) is 2.04. The molecule has 15 heavy (non-hydrogen) atoms. The van der Waals surface area contributed by atoms with Gasteiger partial charge < -0.3 is 15.6 Å². The summed E-state index contributed by atoms with van der Waals surface area (Å²) in [4.78, 5) is 0. The Morgan fingerprint density at radius 3 is 2.93 bits per heavy atom. The van der Waals surface area contributed by atoms with Crippen molar-refractivity contribution in [3.63, 3.8) is 0 Å². The highest BCUT2D eigenvalue weighted by atomic mass is 16.5. The van der Waals surface area contributed by atoms with Crippen molar-refractivity contribution < 1.29 is 9.84 Å². The number of ether oxygens (including phenoxy) is 1. The molecule has 3 N–H and O–H groups in total. The number of hydrogen-bond donors (Lipinski definition) is 2. The summed E-state index contributed by atoms with van der Waals surface area (Å²) in [5.74, 6) is 0.436. The molecule has 1 aromatic rings. The van der Waals surface area contributed by atoms with Crippen LogP contribution in [-0.4, -0.2) is 11.7 Å². The number of aromatic hydroxyl groups is 1. The second kappa shape index (κ2) is 5.23. The minimum atomic E-state index is -0.476. The lowest BCUT2D eigenvalue weighted by molar-refractivity contribution is 0.316. The molecular formula is C11H14N2O2. The van der Waals surface area contributed by atoms with Crippen LogP contribution in [0.15, 0.2) is 18.2 Å². The first kappa shape index (κ1) is 11.3. The van der Waals surface area contributed by atoms with E-state index in [4.69, 9.17) is 15.7 Å². The average molecular weight is 206 g/mol. The van der Waals surface area contributed by atoms with Gasteiger partial charge in [0.05, 0.1) is 19.1 Å². The molecule has 80 valence electrons. The SMILES string of the molecule is CCOc1cccc([C@H](N)CC#N)c1O. The first-order chi connectivity index (χ1) is 7.20. The molecule has 0 aliphatic heterocycles. The molecule has 0 bridgehead atoms. The van der Waals surface area contributed by atoms with Gasteiger partial charge in [-0.25, -0.2) is 0 Å². The summed E-state index contributed by atoms with van der Waals surface area (Å²) in [6.45, 7) is 2.31. The lowest BCUT2D eigenvalue weighted by Crippen LogP contribution is -2.09. The van der Waals surface area contributed by atoms with Crippen LogP contribution in [-0.2, 0) is 0 Å². The molecule has 0 fully saturated rings. The Kier molecular flexibility index (Phi) is 3.95. The molecule has 0 saturated carbocycles. The zero-order valence-corrected chi connectivity index (χ0v) is 8.60. The molecule has 0 radical (unpaired) electrons. The lowest BCUT2D eigenvalue weighted by Gasteiger charge is -2.13. The summed E-state index contributed by atoms with van der Waals surface area (Å²) in [5.41, 5.74) is 6.28. The van der Waals surface area contributed by atoms with Crippen LogP contribution in [0.2, 0.25) is 0 Å². The molecule has 0 amide bonds. The fourth-order valence-electron chi connectivity index (χ4n) is 1.32. The van der Waals surface area contributed by atoms with Crippen molar-refractivity contribution in [2.45, 2.75) is 19.4 Å². The van der Waals surface area contributed by atoms with Crippen molar-refractivity contribution in [3.05, 3.63) is 23.8 Å². The van der Waals surface area contributed by atoms with E-state index in [2.05, 4.69) is 0 Å². The zero-order chi connectivity index (χ0) is 11.3. The van der Waals surface area contributed by atoms with Gasteiger partial charge in [-0.05, 0) is 13.0 Å². The van der Waals surface area contributed by atoms with Gasteiger partial charge in [-0.1, -0.05) is 12.1 Å². The number of rotatable bonds is 4. The van der Waals surface area contributed by atoms with Crippen molar-refractivity contribution in [3.8, 4) is 17.6 Å². The molecule has 0 unspecified atom stereocenters. The topological polar surface area (TPSA) is 79.3 Å². The number of nitriles is 1. The smallest absolute Gasteiger partial charge is 0.162 e. The monoisotopic (exact) mass is 206 g/mol. The summed E-state index contributed by atoms with van der Waals surface area (Å²) >= 11 is 0. The zero-order valence-electron chi connectivity index (χ0n) is 8.60. The van der Waals surface area contributed by atoms with Crippen molar-refractivity contribution in [2.75, 3.05) is 6.61 Å². The van der Waals surface area contributed by atoms with Crippen LogP contribution in [0.25, 0.3) is 0 Å². The van der Waals surface area contributed by atoms with Crippen LogP contribution in [0.4, 0.5) is 0 Å². The number of nitrogens with two attached hydrogens (primary N) is 1. The van der Waals surface area contributed by atoms with Crippen LogP contribution in [0.1, 0.15) is 24.9 Å². The van der Waals surface area contributed by atoms with Crippen LogP contribution in [0.5, 0.6) is 11.5 Å². The van der Waals surface area contributed by atoms with E-state index in [1.54, 1.807) is 18.2 Å². The maximum absolute atomic E-state index is 9.80. The van der Waals surface area contributed by atoms with Crippen molar-refractivity contribution in [2.24, 2.45) is 5.73 Å². The first-order valence-electron chi connectivity index (χ1n) is 4.77. The summed E-state index contributed by atoms with van der Waals surface area (Å²) in [6, 6.07) is 6.60. The molecular weight excluding hydrogens is 192 g/mol. The molecule has 0 saturated heterocycles. The van der Waals surface area contributed by atoms with Gasteiger partial charge in [-0.2, -0.15) is 5.26 Å². The molecule has 0 spiro atoms. The van der Waals surface area contributed by atoms with Gasteiger partial charge in [0.15, 0.2) is 11.5 Å². The molecule has 0 aromatic heterocycles. The standard InChI is InChI=1S/C11H14N2O2/c1-2-15-10-5-3-4-8(11(10)14)9(13)6-7-12/h3-5,9,14H,2,6,13H2,1H3/t9-/m1/s1. The Bertz CT molecular complexity index is 371. The predicted molar refractivity (Wildman–Crippen MR) is 56.4 cm³/mol. The average Bonchev–Trinajstić information content (AvgIpc) is 2.22. The normalized spacial score (nSPS) is 11.8. The Morgan fingerprint density at radius 2 is 2.33 bits per heavy atom. The quantitative estimate of drug-likeness (QED) is 0.785. The lowest BCUT2D eigenvalue weighted by atomic mass is 10.0. The minimum absolute atomic E-state index is 0.0297. The highest BCUT2D eigenvalue weighted by molar-refractivity contribution is 5.47. The molecule has 0 heterocycles. The molecule has 1 aromatic carbocycles. The third kappa shape index (κ3) is 2.61. The minimum Gasteiger partial charge on any atom is -0.504 e. The van der Waals surface area contributed by atoms with E-state index >= 15 is 0 Å². The second-order valence-corrected chi connectivity index (χ2v) is 3.10. The first-order valence-corrected chi connectivity index (χ1v) is 4.77. The number of phenolic OH excluding ortho intramolecular Hbond substituents is 1. The summed E-state index contributed by atoms with van der Waals surface area (Å²) in [6.07, 6.45) is 0.170. The van der Waals surface area contributed by atoms with E-state index in [9.17, 15) is 5.11 Å². The summed E-state index contributed by atoms with van der Waals surface area (Å²) in [5, 5.41) is 18.3. The van der Waals surface area contributed by atoms with Gasteiger partial charge in [0.1, 0.15) is 0 Å².